The fourth-order valence-electron chi connectivity index (χ4n) is 1.56. The molecule has 1 unspecified atom stereocenters. The minimum absolute atomic E-state index is 0.115. The molecule has 0 aromatic carbocycles. The maximum absolute atomic E-state index is 6.01. The lowest BCUT2D eigenvalue weighted by molar-refractivity contribution is 0.310. The number of hydrogen-bond donors (Lipinski definition) is 1. The SMILES string of the molecule is CCC(C)[C@H](N)c1nc(CC2CC2)no1. The minimum atomic E-state index is -0.115. The Hall–Kier alpha value is -0.900. The van der Waals surface area contributed by atoms with Gasteiger partial charge in [-0.1, -0.05) is 25.4 Å². The Balaban J connectivity index is 1.98. The van der Waals surface area contributed by atoms with E-state index >= 15 is 0 Å². The third-order valence-electron chi connectivity index (χ3n) is 3.19. The Morgan fingerprint density at radius 2 is 2.27 bits per heavy atom. The fourth-order valence-corrected chi connectivity index (χ4v) is 1.56. The molecule has 0 saturated heterocycles. The summed E-state index contributed by atoms with van der Waals surface area (Å²) >= 11 is 0. The summed E-state index contributed by atoms with van der Waals surface area (Å²) in [6, 6.07) is -0.115. The summed E-state index contributed by atoms with van der Waals surface area (Å²) in [5.74, 6) is 2.60. The lowest BCUT2D eigenvalue weighted by atomic mass is 10.0. The van der Waals surface area contributed by atoms with Gasteiger partial charge in [0, 0.05) is 6.42 Å². The van der Waals surface area contributed by atoms with Gasteiger partial charge in [0.2, 0.25) is 5.89 Å². The summed E-state index contributed by atoms with van der Waals surface area (Å²) in [6.45, 7) is 4.22. The van der Waals surface area contributed by atoms with Gasteiger partial charge in [0.15, 0.2) is 5.82 Å². The second-order valence-electron chi connectivity index (χ2n) is 4.61. The monoisotopic (exact) mass is 209 g/mol. The first-order valence-electron chi connectivity index (χ1n) is 5.78. The predicted molar refractivity (Wildman–Crippen MR) is 57.1 cm³/mol. The molecule has 0 bridgehead atoms. The molecule has 0 radical (unpaired) electrons. The van der Waals surface area contributed by atoms with Crippen molar-refractivity contribution >= 4 is 0 Å². The average molecular weight is 209 g/mol. The quantitative estimate of drug-likeness (QED) is 0.806. The minimum Gasteiger partial charge on any atom is -0.338 e. The van der Waals surface area contributed by atoms with E-state index in [1.165, 1.54) is 12.8 Å². The van der Waals surface area contributed by atoms with Crippen LogP contribution in [0.4, 0.5) is 0 Å². The molecule has 1 aromatic rings. The van der Waals surface area contributed by atoms with Crippen LogP contribution in [0.2, 0.25) is 0 Å². The van der Waals surface area contributed by atoms with Crippen LogP contribution in [0.25, 0.3) is 0 Å². The summed E-state index contributed by atoms with van der Waals surface area (Å²) in [4.78, 5) is 4.36. The van der Waals surface area contributed by atoms with Crippen molar-refractivity contribution in [2.75, 3.05) is 0 Å². The van der Waals surface area contributed by atoms with Gasteiger partial charge in [-0.15, -0.1) is 0 Å². The maximum atomic E-state index is 6.01. The second-order valence-corrected chi connectivity index (χ2v) is 4.61. The Bertz CT molecular complexity index is 319. The molecule has 1 aromatic heterocycles. The van der Waals surface area contributed by atoms with Crippen LogP contribution in [0.15, 0.2) is 4.52 Å². The van der Waals surface area contributed by atoms with Crippen LogP contribution in [-0.4, -0.2) is 10.1 Å². The summed E-state index contributed by atoms with van der Waals surface area (Å²) in [5.41, 5.74) is 6.01. The molecule has 1 aliphatic carbocycles. The van der Waals surface area contributed by atoms with Gasteiger partial charge < -0.3 is 10.3 Å². The van der Waals surface area contributed by atoms with E-state index in [9.17, 15) is 0 Å². The van der Waals surface area contributed by atoms with Gasteiger partial charge >= 0.3 is 0 Å². The van der Waals surface area contributed by atoms with Crippen LogP contribution in [-0.2, 0) is 6.42 Å². The number of rotatable bonds is 5. The zero-order valence-corrected chi connectivity index (χ0v) is 9.44. The fraction of sp³-hybridized carbons (Fsp3) is 0.818. The summed E-state index contributed by atoms with van der Waals surface area (Å²) < 4.78 is 5.19. The van der Waals surface area contributed by atoms with Gasteiger partial charge in [0.1, 0.15) is 0 Å². The highest BCUT2D eigenvalue weighted by atomic mass is 16.5. The Morgan fingerprint density at radius 3 is 2.87 bits per heavy atom. The van der Waals surface area contributed by atoms with Crippen LogP contribution in [0.1, 0.15) is 50.9 Å². The number of nitrogens with two attached hydrogens (primary N) is 1. The molecule has 2 rings (SSSR count). The zero-order chi connectivity index (χ0) is 10.8. The van der Waals surface area contributed by atoms with Crippen LogP contribution in [0.5, 0.6) is 0 Å². The molecule has 2 atom stereocenters. The Morgan fingerprint density at radius 1 is 1.53 bits per heavy atom. The topological polar surface area (TPSA) is 64.9 Å². The first kappa shape index (κ1) is 10.6. The smallest absolute Gasteiger partial charge is 0.243 e. The van der Waals surface area contributed by atoms with E-state index in [0.29, 0.717) is 11.8 Å². The van der Waals surface area contributed by atoms with E-state index in [1.807, 2.05) is 0 Å². The van der Waals surface area contributed by atoms with Crippen LogP contribution < -0.4 is 5.73 Å². The third-order valence-corrected chi connectivity index (χ3v) is 3.19. The van der Waals surface area contributed by atoms with Crippen molar-refractivity contribution in [1.29, 1.82) is 0 Å². The molecular weight excluding hydrogens is 190 g/mol. The average Bonchev–Trinajstić information content (AvgIpc) is 2.93. The molecule has 1 aliphatic rings. The lowest BCUT2D eigenvalue weighted by Gasteiger charge is -2.12. The van der Waals surface area contributed by atoms with Crippen molar-refractivity contribution < 1.29 is 4.52 Å². The van der Waals surface area contributed by atoms with E-state index < -0.39 is 0 Å². The highest BCUT2D eigenvalue weighted by molar-refractivity contribution is 4.96. The molecule has 1 heterocycles. The normalized spacial score (nSPS) is 20.2. The van der Waals surface area contributed by atoms with Gasteiger partial charge in [-0.05, 0) is 24.7 Å². The number of aromatic nitrogens is 2. The van der Waals surface area contributed by atoms with Crippen molar-refractivity contribution in [3.8, 4) is 0 Å². The molecule has 2 N–H and O–H groups in total. The molecule has 1 fully saturated rings. The Labute approximate surface area is 90.2 Å². The van der Waals surface area contributed by atoms with E-state index in [-0.39, 0.29) is 6.04 Å². The van der Waals surface area contributed by atoms with Gasteiger partial charge in [-0.25, -0.2) is 0 Å². The molecule has 0 aliphatic heterocycles. The summed E-state index contributed by atoms with van der Waals surface area (Å²) in [5, 5.41) is 3.97. The van der Waals surface area contributed by atoms with Gasteiger partial charge in [0.05, 0.1) is 6.04 Å². The maximum Gasteiger partial charge on any atom is 0.243 e. The lowest BCUT2D eigenvalue weighted by Crippen LogP contribution is -2.18. The van der Waals surface area contributed by atoms with Gasteiger partial charge in [0.25, 0.3) is 0 Å². The van der Waals surface area contributed by atoms with E-state index in [0.717, 1.165) is 24.6 Å². The van der Waals surface area contributed by atoms with E-state index in [2.05, 4.69) is 24.0 Å². The Kier molecular flexibility index (Phi) is 3.05. The zero-order valence-electron chi connectivity index (χ0n) is 9.44. The predicted octanol–water partition coefficient (Wildman–Crippen LogP) is 2.07. The largest absolute Gasteiger partial charge is 0.338 e. The van der Waals surface area contributed by atoms with E-state index in [4.69, 9.17) is 10.3 Å². The summed E-state index contributed by atoms with van der Waals surface area (Å²) in [7, 11) is 0. The van der Waals surface area contributed by atoms with Gasteiger partial charge in [-0.3, -0.25) is 0 Å². The number of nitrogens with zero attached hydrogens (tertiary/aromatic N) is 2. The van der Waals surface area contributed by atoms with Crippen LogP contribution in [0, 0.1) is 11.8 Å². The molecule has 4 nitrogen and oxygen atoms in total. The second kappa shape index (κ2) is 4.31. The standard InChI is InChI=1S/C11H19N3O/c1-3-7(2)10(12)11-13-9(14-15-11)6-8-4-5-8/h7-8,10H,3-6,12H2,1-2H3/t7?,10-/m0/s1. The summed E-state index contributed by atoms with van der Waals surface area (Å²) in [6.07, 6.45) is 4.60. The van der Waals surface area contributed by atoms with Crippen molar-refractivity contribution in [2.24, 2.45) is 17.6 Å². The first-order valence-corrected chi connectivity index (χ1v) is 5.78. The van der Waals surface area contributed by atoms with Crippen molar-refractivity contribution in [3.63, 3.8) is 0 Å². The van der Waals surface area contributed by atoms with Crippen molar-refractivity contribution in [1.82, 2.24) is 10.1 Å². The van der Waals surface area contributed by atoms with Crippen molar-refractivity contribution in [2.45, 2.75) is 45.6 Å². The van der Waals surface area contributed by atoms with E-state index in [1.54, 1.807) is 0 Å². The highest BCUT2D eigenvalue weighted by Crippen LogP contribution is 2.32. The molecular formula is C11H19N3O. The highest BCUT2D eigenvalue weighted by Gasteiger charge is 2.25. The number of hydrogen-bond acceptors (Lipinski definition) is 4. The third kappa shape index (κ3) is 2.56. The molecule has 0 spiro atoms. The van der Waals surface area contributed by atoms with Crippen molar-refractivity contribution in [3.05, 3.63) is 11.7 Å². The molecule has 1 saturated carbocycles. The molecule has 0 amide bonds. The molecule has 84 valence electrons. The first-order chi connectivity index (χ1) is 7.20. The van der Waals surface area contributed by atoms with Gasteiger partial charge in [-0.2, -0.15) is 4.98 Å². The molecule has 4 heteroatoms. The van der Waals surface area contributed by atoms with Crippen LogP contribution in [0.3, 0.4) is 0 Å². The molecule has 15 heavy (non-hydrogen) atoms. The van der Waals surface area contributed by atoms with Crippen LogP contribution >= 0.6 is 0 Å².